The third-order valence-electron chi connectivity index (χ3n) is 3.56. The second kappa shape index (κ2) is 11.0. The summed E-state index contributed by atoms with van der Waals surface area (Å²) in [6, 6.07) is 4.85. The number of rotatable bonds is 10. The number of carbonyl (C=O) groups is 3. The highest BCUT2D eigenvalue weighted by Crippen LogP contribution is 2.28. The molecule has 0 bridgehead atoms. The Hall–Kier alpha value is -2.77. The van der Waals surface area contributed by atoms with E-state index in [2.05, 4.69) is 5.32 Å². The van der Waals surface area contributed by atoms with Crippen LogP contribution in [-0.2, 0) is 14.3 Å². The lowest BCUT2D eigenvalue weighted by atomic mass is 10.1. The van der Waals surface area contributed by atoms with Crippen molar-refractivity contribution in [1.82, 2.24) is 10.2 Å². The van der Waals surface area contributed by atoms with Crippen molar-refractivity contribution in [3.8, 4) is 11.5 Å². The Morgan fingerprint density at radius 2 is 1.77 bits per heavy atom. The van der Waals surface area contributed by atoms with Gasteiger partial charge in [-0.2, -0.15) is 0 Å². The summed E-state index contributed by atoms with van der Waals surface area (Å²) in [6.45, 7) is 4.16. The van der Waals surface area contributed by atoms with Crippen LogP contribution in [0.4, 0.5) is 0 Å². The smallest absolute Gasteiger partial charge is 0.307 e. The summed E-state index contributed by atoms with van der Waals surface area (Å²) in [5.41, 5.74) is 0.398. The molecule has 0 aliphatic rings. The summed E-state index contributed by atoms with van der Waals surface area (Å²) in [7, 11) is 3.00. The third kappa shape index (κ3) is 6.62. The number of carbonyl (C=O) groups excluding carboxylic acids is 3. The van der Waals surface area contributed by atoms with Crippen molar-refractivity contribution in [2.75, 3.05) is 40.5 Å². The number of amides is 2. The molecule has 2 amide bonds. The summed E-state index contributed by atoms with van der Waals surface area (Å²) in [5.74, 6) is 0.109. The number of ether oxygens (including phenoxy) is 3. The van der Waals surface area contributed by atoms with Gasteiger partial charge in [0.25, 0.3) is 5.91 Å². The first-order valence-electron chi connectivity index (χ1n) is 8.34. The highest BCUT2D eigenvalue weighted by Gasteiger charge is 2.19. The molecule has 0 aliphatic heterocycles. The Bertz CT molecular complexity index is 632. The van der Waals surface area contributed by atoms with Crippen LogP contribution in [0, 0.1) is 0 Å². The minimum absolute atomic E-state index is 0.0763. The number of hydrogen-bond donors (Lipinski definition) is 1. The Labute approximate surface area is 153 Å². The van der Waals surface area contributed by atoms with Crippen molar-refractivity contribution >= 4 is 17.8 Å². The molecule has 1 aromatic rings. The van der Waals surface area contributed by atoms with Gasteiger partial charge in [0, 0.05) is 32.1 Å². The van der Waals surface area contributed by atoms with Crippen molar-refractivity contribution in [1.29, 1.82) is 0 Å². The van der Waals surface area contributed by atoms with Gasteiger partial charge in [0.15, 0.2) is 11.5 Å². The minimum Gasteiger partial charge on any atom is -0.493 e. The van der Waals surface area contributed by atoms with E-state index in [4.69, 9.17) is 14.2 Å². The van der Waals surface area contributed by atoms with E-state index in [1.165, 1.54) is 26.0 Å². The monoisotopic (exact) mass is 366 g/mol. The van der Waals surface area contributed by atoms with E-state index in [-0.39, 0.29) is 50.4 Å². The highest BCUT2D eigenvalue weighted by atomic mass is 16.5. The fourth-order valence-corrected chi connectivity index (χ4v) is 2.29. The van der Waals surface area contributed by atoms with Gasteiger partial charge < -0.3 is 24.4 Å². The van der Waals surface area contributed by atoms with Crippen molar-refractivity contribution in [2.45, 2.75) is 20.3 Å². The molecule has 144 valence electrons. The van der Waals surface area contributed by atoms with Gasteiger partial charge in [-0.25, -0.2) is 0 Å². The largest absolute Gasteiger partial charge is 0.493 e. The van der Waals surface area contributed by atoms with Crippen LogP contribution in [0.5, 0.6) is 11.5 Å². The van der Waals surface area contributed by atoms with Crippen LogP contribution >= 0.6 is 0 Å². The first-order valence-corrected chi connectivity index (χ1v) is 8.34. The topological polar surface area (TPSA) is 94.2 Å². The van der Waals surface area contributed by atoms with Crippen molar-refractivity contribution in [2.24, 2.45) is 0 Å². The molecule has 8 heteroatoms. The number of nitrogens with zero attached hydrogens (tertiary/aromatic N) is 1. The Kier molecular flexibility index (Phi) is 8.97. The van der Waals surface area contributed by atoms with E-state index < -0.39 is 0 Å². The lowest BCUT2D eigenvalue weighted by Crippen LogP contribution is -2.39. The summed E-state index contributed by atoms with van der Waals surface area (Å²) < 4.78 is 15.3. The van der Waals surface area contributed by atoms with Gasteiger partial charge in [-0.15, -0.1) is 0 Å². The third-order valence-corrected chi connectivity index (χ3v) is 3.56. The molecule has 0 atom stereocenters. The molecular weight excluding hydrogens is 340 g/mol. The molecule has 0 saturated carbocycles. The van der Waals surface area contributed by atoms with Gasteiger partial charge in [0.05, 0.1) is 27.2 Å². The molecule has 26 heavy (non-hydrogen) atoms. The zero-order valence-corrected chi connectivity index (χ0v) is 15.7. The quantitative estimate of drug-likeness (QED) is 0.626. The number of nitrogens with one attached hydrogen (secondary N) is 1. The van der Waals surface area contributed by atoms with Crippen LogP contribution < -0.4 is 14.8 Å². The molecule has 0 aliphatic carbocycles. The Balaban J connectivity index is 2.90. The first-order chi connectivity index (χ1) is 12.4. The van der Waals surface area contributed by atoms with Crippen LogP contribution in [0.25, 0.3) is 0 Å². The normalized spacial score (nSPS) is 10.0. The summed E-state index contributed by atoms with van der Waals surface area (Å²) in [4.78, 5) is 37.0. The lowest BCUT2D eigenvalue weighted by Gasteiger charge is -2.23. The van der Waals surface area contributed by atoms with Crippen LogP contribution in [-0.4, -0.2) is 63.1 Å². The average Bonchev–Trinajstić information content (AvgIpc) is 2.63. The van der Waals surface area contributed by atoms with Crippen LogP contribution in [0.3, 0.4) is 0 Å². The predicted octanol–water partition coefficient (Wildman–Crippen LogP) is 1.24. The summed E-state index contributed by atoms with van der Waals surface area (Å²) >= 11 is 0. The van der Waals surface area contributed by atoms with Crippen molar-refractivity contribution in [3.63, 3.8) is 0 Å². The molecule has 0 heterocycles. The number of esters is 1. The molecule has 0 fully saturated rings. The SMILES string of the molecule is CCOC(=O)CCN(CCNC(C)=O)C(=O)c1ccc(OC)c(OC)c1. The summed E-state index contributed by atoms with van der Waals surface area (Å²) in [5, 5.41) is 2.64. The van der Waals surface area contributed by atoms with E-state index in [9.17, 15) is 14.4 Å². The van der Waals surface area contributed by atoms with Gasteiger partial charge in [0.2, 0.25) is 5.91 Å². The number of methoxy groups -OCH3 is 2. The van der Waals surface area contributed by atoms with Crippen LogP contribution in [0.1, 0.15) is 30.6 Å². The molecule has 1 rings (SSSR count). The van der Waals surface area contributed by atoms with E-state index in [1.807, 2.05) is 0 Å². The average molecular weight is 366 g/mol. The van der Waals surface area contributed by atoms with E-state index in [0.29, 0.717) is 17.1 Å². The lowest BCUT2D eigenvalue weighted by molar-refractivity contribution is -0.143. The maximum absolute atomic E-state index is 12.8. The van der Waals surface area contributed by atoms with Crippen molar-refractivity contribution < 1.29 is 28.6 Å². The van der Waals surface area contributed by atoms with Gasteiger partial charge in [-0.1, -0.05) is 0 Å². The molecule has 8 nitrogen and oxygen atoms in total. The standard InChI is InChI=1S/C18H26N2O6/c1-5-26-17(22)8-10-20(11-9-19-13(2)21)18(23)14-6-7-15(24-3)16(12-14)25-4/h6-7,12H,5,8-11H2,1-4H3,(H,19,21). The van der Waals surface area contributed by atoms with E-state index in [0.717, 1.165) is 0 Å². The summed E-state index contributed by atoms with van der Waals surface area (Å²) in [6.07, 6.45) is 0.0763. The van der Waals surface area contributed by atoms with Crippen LogP contribution in [0.15, 0.2) is 18.2 Å². The number of benzene rings is 1. The molecule has 0 unspecified atom stereocenters. The molecule has 0 aromatic heterocycles. The molecule has 0 radical (unpaired) electrons. The zero-order chi connectivity index (χ0) is 19.5. The van der Waals surface area contributed by atoms with Gasteiger partial charge >= 0.3 is 5.97 Å². The van der Waals surface area contributed by atoms with Gasteiger partial charge in [0.1, 0.15) is 0 Å². The second-order valence-corrected chi connectivity index (χ2v) is 5.40. The van der Waals surface area contributed by atoms with Gasteiger partial charge in [-0.3, -0.25) is 14.4 Å². The molecule has 0 spiro atoms. The molecule has 0 saturated heterocycles. The predicted molar refractivity (Wildman–Crippen MR) is 95.4 cm³/mol. The maximum Gasteiger partial charge on any atom is 0.307 e. The van der Waals surface area contributed by atoms with Gasteiger partial charge in [-0.05, 0) is 25.1 Å². The van der Waals surface area contributed by atoms with Crippen LogP contribution in [0.2, 0.25) is 0 Å². The zero-order valence-electron chi connectivity index (χ0n) is 15.7. The minimum atomic E-state index is -0.378. The molecular formula is C18H26N2O6. The molecule has 1 aromatic carbocycles. The molecule has 1 N–H and O–H groups in total. The second-order valence-electron chi connectivity index (χ2n) is 5.40. The number of hydrogen-bond acceptors (Lipinski definition) is 6. The fraction of sp³-hybridized carbons (Fsp3) is 0.500. The first kappa shape index (κ1) is 21.3. The Morgan fingerprint density at radius 3 is 2.35 bits per heavy atom. The van der Waals surface area contributed by atoms with Crippen molar-refractivity contribution in [3.05, 3.63) is 23.8 Å². The highest BCUT2D eigenvalue weighted by molar-refractivity contribution is 5.95. The maximum atomic E-state index is 12.8. The van der Waals surface area contributed by atoms with E-state index >= 15 is 0 Å². The van der Waals surface area contributed by atoms with E-state index in [1.54, 1.807) is 25.1 Å². The Morgan fingerprint density at radius 1 is 1.08 bits per heavy atom. The fourth-order valence-electron chi connectivity index (χ4n) is 2.29.